The van der Waals surface area contributed by atoms with Crippen LogP contribution in [0.4, 0.5) is 0 Å². The van der Waals surface area contributed by atoms with Crippen molar-refractivity contribution in [3.63, 3.8) is 0 Å². The number of hydrogen-bond acceptors (Lipinski definition) is 3. The Kier molecular flexibility index (Phi) is 5.07. The number of thioether (sulfide) groups is 1. The molecule has 4 nitrogen and oxygen atoms in total. The highest BCUT2D eigenvalue weighted by molar-refractivity contribution is 7.99. The quantitative estimate of drug-likeness (QED) is 0.522. The third-order valence-electron chi connectivity index (χ3n) is 3.52. The van der Waals surface area contributed by atoms with Crippen molar-refractivity contribution < 1.29 is 9.52 Å². The standard InChI is InChI=1S/C14H20N2O2S/c1-11-5-7-12(8-6-11)15-13(17)10-19-14-4-2-3-9-16(14)18/h2-4,9,11-12H,5-8,10H2,1H3,(H,15,17). The Morgan fingerprint density at radius 3 is 2.84 bits per heavy atom. The van der Waals surface area contributed by atoms with Gasteiger partial charge in [0.1, 0.15) is 0 Å². The molecule has 0 radical (unpaired) electrons. The van der Waals surface area contributed by atoms with E-state index in [2.05, 4.69) is 12.2 Å². The summed E-state index contributed by atoms with van der Waals surface area (Å²) in [6.45, 7) is 2.26. The SMILES string of the molecule is CC1CCC(NC(=O)CSc2cccc[n+]2[O-])CC1. The molecule has 1 aromatic heterocycles. The monoisotopic (exact) mass is 280 g/mol. The maximum atomic E-state index is 11.8. The summed E-state index contributed by atoms with van der Waals surface area (Å²) >= 11 is 1.28. The van der Waals surface area contributed by atoms with Crippen LogP contribution in [0, 0.1) is 11.1 Å². The fraction of sp³-hybridized carbons (Fsp3) is 0.571. The molecule has 0 unspecified atom stereocenters. The third-order valence-corrected chi connectivity index (χ3v) is 4.54. The van der Waals surface area contributed by atoms with E-state index >= 15 is 0 Å². The molecule has 1 aliphatic carbocycles. The number of nitrogens with zero attached hydrogens (tertiary/aromatic N) is 1. The van der Waals surface area contributed by atoms with Crippen molar-refractivity contribution in [1.82, 2.24) is 5.32 Å². The van der Waals surface area contributed by atoms with Crippen molar-refractivity contribution >= 4 is 17.7 Å². The summed E-state index contributed by atoms with van der Waals surface area (Å²) in [6, 6.07) is 5.53. The second-order valence-corrected chi connectivity index (χ2v) is 6.17. The van der Waals surface area contributed by atoms with Crippen molar-refractivity contribution in [2.45, 2.75) is 43.7 Å². The van der Waals surface area contributed by atoms with E-state index in [-0.39, 0.29) is 5.91 Å². The zero-order valence-electron chi connectivity index (χ0n) is 11.2. The minimum absolute atomic E-state index is 0.0217. The molecule has 0 spiro atoms. The zero-order valence-corrected chi connectivity index (χ0v) is 12.0. The van der Waals surface area contributed by atoms with Gasteiger partial charge in [-0.2, -0.15) is 4.73 Å². The van der Waals surface area contributed by atoms with Crippen LogP contribution in [0.5, 0.6) is 0 Å². The van der Waals surface area contributed by atoms with Crippen molar-refractivity contribution in [3.05, 3.63) is 29.6 Å². The van der Waals surface area contributed by atoms with E-state index in [0.29, 0.717) is 16.8 Å². The molecular weight excluding hydrogens is 260 g/mol. The smallest absolute Gasteiger partial charge is 0.251 e. The lowest BCUT2D eigenvalue weighted by Crippen LogP contribution is -2.38. The van der Waals surface area contributed by atoms with E-state index in [4.69, 9.17) is 0 Å². The number of carbonyl (C=O) groups excluding carboxylic acids is 1. The normalized spacial score (nSPS) is 23.0. The molecule has 0 aliphatic heterocycles. The molecule has 19 heavy (non-hydrogen) atoms. The van der Waals surface area contributed by atoms with E-state index in [0.717, 1.165) is 23.5 Å². The lowest BCUT2D eigenvalue weighted by atomic mass is 9.87. The van der Waals surface area contributed by atoms with Gasteiger partial charge in [0.25, 0.3) is 5.03 Å². The van der Waals surface area contributed by atoms with Crippen LogP contribution < -0.4 is 10.0 Å². The van der Waals surface area contributed by atoms with Gasteiger partial charge < -0.3 is 10.5 Å². The first-order valence-electron chi connectivity index (χ1n) is 6.75. The summed E-state index contributed by atoms with van der Waals surface area (Å²) < 4.78 is 0.792. The van der Waals surface area contributed by atoms with Gasteiger partial charge in [0.15, 0.2) is 6.20 Å². The molecule has 5 heteroatoms. The summed E-state index contributed by atoms with van der Waals surface area (Å²) in [7, 11) is 0. The van der Waals surface area contributed by atoms with Crippen LogP contribution in [0.25, 0.3) is 0 Å². The van der Waals surface area contributed by atoms with Gasteiger partial charge in [0.2, 0.25) is 5.91 Å². The summed E-state index contributed by atoms with van der Waals surface area (Å²) in [5.41, 5.74) is 0. The number of rotatable bonds is 4. The van der Waals surface area contributed by atoms with Crippen molar-refractivity contribution in [1.29, 1.82) is 0 Å². The van der Waals surface area contributed by atoms with E-state index in [1.807, 2.05) is 0 Å². The summed E-state index contributed by atoms with van der Waals surface area (Å²) in [4.78, 5) is 11.8. The molecule has 1 aromatic rings. The molecule has 1 fully saturated rings. The molecule has 0 aromatic carbocycles. The molecule has 0 bridgehead atoms. The predicted octanol–water partition coefficient (Wildman–Crippen LogP) is 2.11. The number of hydrogen-bond donors (Lipinski definition) is 1. The zero-order chi connectivity index (χ0) is 13.7. The Morgan fingerprint density at radius 2 is 2.16 bits per heavy atom. The van der Waals surface area contributed by atoms with Gasteiger partial charge in [-0.3, -0.25) is 4.79 Å². The van der Waals surface area contributed by atoms with E-state index in [1.54, 1.807) is 18.2 Å². The fourth-order valence-corrected chi connectivity index (χ4v) is 3.06. The van der Waals surface area contributed by atoms with Crippen LogP contribution in [0.3, 0.4) is 0 Å². The second kappa shape index (κ2) is 6.80. The highest BCUT2D eigenvalue weighted by Gasteiger charge is 2.20. The maximum absolute atomic E-state index is 11.8. The van der Waals surface area contributed by atoms with Crippen molar-refractivity contribution in [2.75, 3.05) is 5.75 Å². The van der Waals surface area contributed by atoms with Gasteiger partial charge >= 0.3 is 0 Å². The summed E-state index contributed by atoms with van der Waals surface area (Å²) in [6.07, 6.45) is 5.98. The highest BCUT2D eigenvalue weighted by Crippen LogP contribution is 2.23. The molecule has 1 aliphatic rings. The number of amides is 1. The molecule has 1 saturated carbocycles. The Morgan fingerprint density at radius 1 is 1.42 bits per heavy atom. The minimum atomic E-state index is 0.0217. The number of pyridine rings is 1. The Bertz CT molecular complexity index is 431. The number of nitrogens with one attached hydrogen (secondary N) is 1. The van der Waals surface area contributed by atoms with Gasteiger partial charge in [-0.1, -0.05) is 6.92 Å². The first kappa shape index (κ1) is 14.2. The van der Waals surface area contributed by atoms with Gasteiger partial charge in [0.05, 0.1) is 5.75 Å². The molecule has 0 saturated heterocycles. The van der Waals surface area contributed by atoms with Crippen molar-refractivity contribution in [2.24, 2.45) is 5.92 Å². The highest BCUT2D eigenvalue weighted by atomic mass is 32.2. The van der Waals surface area contributed by atoms with Crippen LogP contribution in [-0.4, -0.2) is 17.7 Å². The number of carbonyl (C=O) groups is 1. The fourth-order valence-electron chi connectivity index (χ4n) is 2.34. The summed E-state index contributed by atoms with van der Waals surface area (Å²) in [5.74, 6) is 1.11. The molecule has 1 amide bonds. The third kappa shape index (κ3) is 4.42. The van der Waals surface area contributed by atoms with Gasteiger partial charge in [0, 0.05) is 18.2 Å². The average Bonchev–Trinajstić information content (AvgIpc) is 2.40. The molecule has 1 heterocycles. The van der Waals surface area contributed by atoms with E-state index in [1.165, 1.54) is 30.8 Å². The first-order chi connectivity index (χ1) is 9.15. The molecule has 0 atom stereocenters. The Hall–Kier alpha value is -1.23. The molecule has 2 rings (SSSR count). The van der Waals surface area contributed by atoms with Crippen LogP contribution >= 0.6 is 11.8 Å². The lowest BCUT2D eigenvalue weighted by molar-refractivity contribution is -0.645. The van der Waals surface area contributed by atoms with Gasteiger partial charge in [-0.15, -0.1) is 0 Å². The summed E-state index contributed by atoms with van der Waals surface area (Å²) in [5, 5.41) is 15.0. The Labute approximate surface area is 118 Å². The second-order valence-electron chi connectivity index (χ2n) is 5.18. The predicted molar refractivity (Wildman–Crippen MR) is 75.7 cm³/mol. The molecule has 104 valence electrons. The molecular formula is C14H20N2O2S. The van der Waals surface area contributed by atoms with E-state index < -0.39 is 0 Å². The van der Waals surface area contributed by atoms with Crippen LogP contribution in [0.15, 0.2) is 29.4 Å². The van der Waals surface area contributed by atoms with Crippen LogP contribution in [0.2, 0.25) is 0 Å². The first-order valence-corrected chi connectivity index (χ1v) is 7.74. The van der Waals surface area contributed by atoms with Crippen LogP contribution in [0.1, 0.15) is 32.6 Å². The maximum Gasteiger partial charge on any atom is 0.251 e. The van der Waals surface area contributed by atoms with Gasteiger partial charge in [-0.05, 0) is 49.4 Å². The Balaban J connectivity index is 1.74. The molecule has 1 N–H and O–H groups in total. The van der Waals surface area contributed by atoms with Crippen LogP contribution in [-0.2, 0) is 4.79 Å². The van der Waals surface area contributed by atoms with Crippen molar-refractivity contribution in [3.8, 4) is 0 Å². The lowest BCUT2D eigenvalue weighted by Gasteiger charge is -2.26. The average molecular weight is 280 g/mol. The largest absolute Gasteiger partial charge is 0.618 e. The van der Waals surface area contributed by atoms with Gasteiger partial charge in [-0.25, -0.2) is 0 Å². The number of aromatic nitrogens is 1. The minimum Gasteiger partial charge on any atom is -0.618 e. The van der Waals surface area contributed by atoms with E-state index in [9.17, 15) is 10.0 Å². The topological polar surface area (TPSA) is 56.0 Å².